The molecule has 0 unspecified atom stereocenters. The fraction of sp³-hybridized carbons (Fsp3) is 0.240. The van der Waals surface area contributed by atoms with Crippen molar-refractivity contribution in [2.45, 2.75) is 31.1 Å². The minimum atomic E-state index is -3.89. The number of carbonyl (C=O) groups excluding carboxylic acids is 1. The normalized spacial score (nSPS) is 11.1. The minimum Gasteiger partial charge on any atom is -0.497 e. The molecule has 0 bridgehead atoms. The molecule has 0 radical (unpaired) electrons. The van der Waals surface area contributed by atoms with Gasteiger partial charge >= 0.3 is 0 Å². The Labute approximate surface area is 200 Å². The zero-order valence-corrected chi connectivity index (χ0v) is 20.2. The maximum atomic E-state index is 12.9. The molecule has 3 aromatic rings. The van der Waals surface area contributed by atoms with Crippen molar-refractivity contribution in [3.05, 3.63) is 88.4 Å². The minimum absolute atomic E-state index is 0.119. The molecule has 0 heterocycles. The number of carbonyl (C=O) groups is 1. The van der Waals surface area contributed by atoms with Crippen LogP contribution in [0.15, 0.2) is 71.6 Å². The van der Waals surface area contributed by atoms with E-state index in [1.165, 1.54) is 12.1 Å². The van der Waals surface area contributed by atoms with Crippen molar-refractivity contribution in [2.24, 2.45) is 0 Å². The van der Waals surface area contributed by atoms with Crippen LogP contribution < -0.4 is 14.8 Å². The van der Waals surface area contributed by atoms with Gasteiger partial charge in [0, 0.05) is 11.6 Å². The first-order valence-electron chi connectivity index (χ1n) is 10.6. The number of halogens is 1. The highest BCUT2D eigenvalue weighted by Gasteiger charge is 2.19. The predicted molar refractivity (Wildman–Crippen MR) is 132 cm³/mol. The van der Waals surface area contributed by atoms with Gasteiger partial charge in [0.1, 0.15) is 5.75 Å². The van der Waals surface area contributed by atoms with Crippen LogP contribution in [0.4, 0.5) is 5.69 Å². The number of aryl methyl sites for hydroxylation is 1. The quantitative estimate of drug-likeness (QED) is 0.418. The first-order chi connectivity index (χ1) is 15.8. The second-order valence-electron chi connectivity index (χ2n) is 7.54. The van der Waals surface area contributed by atoms with Crippen LogP contribution in [0.5, 0.6) is 5.75 Å². The molecule has 3 aromatic carbocycles. The monoisotopic (exact) mass is 486 g/mol. The van der Waals surface area contributed by atoms with Gasteiger partial charge in [-0.05, 0) is 66.4 Å². The average molecular weight is 487 g/mol. The molecule has 0 aliphatic rings. The highest BCUT2D eigenvalue weighted by Crippen LogP contribution is 2.25. The zero-order valence-electron chi connectivity index (χ0n) is 18.6. The third kappa shape index (κ3) is 6.73. The summed E-state index contributed by atoms with van der Waals surface area (Å²) in [7, 11) is -2.28. The number of methoxy groups -OCH3 is 1. The van der Waals surface area contributed by atoms with Crippen LogP contribution >= 0.6 is 11.6 Å². The summed E-state index contributed by atoms with van der Waals surface area (Å²) in [4.78, 5) is 12.9. The first-order valence-corrected chi connectivity index (χ1v) is 12.5. The SMILES string of the molecule is CCCc1ccc(S(=O)(=O)Nc2cc(Cl)ccc2C(=O)NCCc2ccc(OC)cc2)cc1. The molecule has 3 rings (SSSR count). The Morgan fingerprint density at radius 3 is 2.21 bits per heavy atom. The molecule has 0 saturated heterocycles. The van der Waals surface area contributed by atoms with E-state index in [9.17, 15) is 13.2 Å². The van der Waals surface area contributed by atoms with Gasteiger partial charge in [-0.1, -0.05) is 49.2 Å². The van der Waals surface area contributed by atoms with E-state index in [2.05, 4.69) is 17.0 Å². The molecule has 0 saturated carbocycles. The maximum Gasteiger partial charge on any atom is 0.261 e. The lowest BCUT2D eigenvalue weighted by atomic mass is 10.1. The summed E-state index contributed by atoms with van der Waals surface area (Å²) in [5.41, 5.74) is 2.43. The van der Waals surface area contributed by atoms with Gasteiger partial charge in [-0.25, -0.2) is 8.42 Å². The summed E-state index contributed by atoms with van der Waals surface area (Å²) in [5.74, 6) is 0.372. The molecule has 174 valence electrons. The third-order valence-corrected chi connectivity index (χ3v) is 6.72. The van der Waals surface area contributed by atoms with Crippen molar-refractivity contribution in [1.29, 1.82) is 0 Å². The number of hydrogen-bond donors (Lipinski definition) is 2. The topological polar surface area (TPSA) is 84.5 Å². The van der Waals surface area contributed by atoms with Crippen molar-refractivity contribution < 1.29 is 17.9 Å². The predicted octanol–water partition coefficient (Wildman–Crippen LogP) is 5.07. The van der Waals surface area contributed by atoms with Crippen LogP contribution in [-0.2, 0) is 22.9 Å². The lowest BCUT2D eigenvalue weighted by molar-refractivity contribution is 0.0955. The maximum absolute atomic E-state index is 12.9. The van der Waals surface area contributed by atoms with Crippen molar-refractivity contribution in [3.8, 4) is 5.75 Å². The number of benzene rings is 3. The highest BCUT2D eigenvalue weighted by atomic mass is 35.5. The molecular formula is C25H27ClN2O4S. The van der Waals surface area contributed by atoms with Crippen molar-refractivity contribution >= 4 is 33.2 Å². The van der Waals surface area contributed by atoms with E-state index in [1.807, 2.05) is 24.3 Å². The van der Waals surface area contributed by atoms with Crippen molar-refractivity contribution in [3.63, 3.8) is 0 Å². The third-order valence-electron chi connectivity index (χ3n) is 5.10. The van der Waals surface area contributed by atoms with Gasteiger partial charge in [0.15, 0.2) is 0 Å². The lowest BCUT2D eigenvalue weighted by Crippen LogP contribution is -2.27. The number of nitrogens with one attached hydrogen (secondary N) is 2. The lowest BCUT2D eigenvalue weighted by Gasteiger charge is -2.14. The number of sulfonamides is 1. The van der Waals surface area contributed by atoms with Crippen LogP contribution in [0.2, 0.25) is 5.02 Å². The smallest absolute Gasteiger partial charge is 0.261 e. The standard InChI is InChI=1S/C25H27ClN2O4S/c1-3-4-18-7-12-22(13-8-18)33(30,31)28-24-17-20(26)9-14-23(24)25(29)27-16-15-19-5-10-21(32-2)11-6-19/h5-14,17,28H,3-4,15-16H2,1-2H3,(H,27,29). The van der Waals surface area contributed by atoms with Gasteiger partial charge in [0.2, 0.25) is 0 Å². The van der Waals surface area contributed by atoms with E-state index >= 15 is 0 Å². The van der Waals surface area contributed by atoms with Crippen LogP contribution in [0.25, 0.3) is 0 Å². The van der Waals surface area contributed by atoms with Crippen LogP contribution in [-0.4, -0.2) is 28.0 Å². The molecule has 6 nitrogen and oxygen atoms in total. The summed E-state index contributed by atoms with van der Waals surface area (Å²) >= 11 is 6.08. The van der Waals surface area contributed by atoms with Gasteiger partial charge in [0.05, 0.1) is 23.3 Å². The van der Waals surface area contributed by atoms with E-state index in [1.54, 1.807) is 37.4 Å². The highest BCUT2D eigenvalue weighted by molar-refractivity contribution is 7.92. The summed E-state index contributed by atoms with van der Waals surface area (Å²) in [6.45, 7) is 2.45. The van der Waals surface area contributed by atoms with Gasteiger partial charge < -0.3 is 10.1 Å². The Balaban J connectivity index is 1.71. The van der Waals surface area contributed by atoms with E-state index in [0.717, 1.165) is 29.7 Å². The molecule has 0 aliphatic carbocycles. The molecule has 0 aromatic heterocycles. The average Bonchev–Trinajstić information content (AvgIpc) is 2.80. The second kappa shape index (κ2) is 11.2. The van der Waals surface area contributed by atoms with Crippen LogP contribution in [0, 0.1) is 0 Å². The van der Waals surface area contributed by atoms with E-state index in [-0.39, 0.29) is 16.1 Å². The fourth-order valence-corrected chi connectivity index (χ4v) is 4.58. The summed E-state index contributed by atoms with van der Waals surface area (Å²) < 4.78 is 33.5. The molecule has 0 fully saturated rings. The Kier molecular flexibility index (Phi) is 8.36. The van der Waals surface area contributed by atoms with Crippen molar-refractivity contribution in [1.82, 2.24) is 5.32 Å². The summed E-state index contributed by atoms with van der Waals surface area (Å²) in [6.07, 6.45) is 2.47. The molecular weight excluding hydrogens is 460 g/mol. The number of ether oxygens (including phenoxy) is 1. The van der Waals surface area contributed by atoms with Gasteiger partial charge in [-0.15, -0.1) is 0 Å². The van der Waals surface area contributed by atoms with Crippen LogP contribution in [0.1, 0.15) is 34.8 Å². The zero-order chi connectivity index (χ0) is 23.8. The molecule has 33 heavy (non-hydrogen) atoms. The Morgan fingerprint density at radius 2 is 1.58 bits per heavy atom. The number of amides is 1. The van der Waals surface area contributed by atoms with Crippen LogP contribution in [0.3, 0.4) is 0 Å². The molecule has 1 amide bonds. The molecule has 8 heteroatoms. The molecule has 0 atom stereocenters. The van der Waals surface area contributed by atoms with E-state index < -0.39 is 15.9 Å². The Morgan fingerprint density at radius 1 is 0.939 bits per heavy atom. The number of anilines is 1. The van der Waals surface area contributed by atoms with Gasteiger partial charge in [0.25, 0.3) is 15.9 Å². The molecule has 0 aliphatic heterocycles. The number of rotatable bonds is 10. The van der Waals surface area contributed by atoms with Crippen molar-refractivity contribution in [2.75, 3.05) is 18.4 Å². The largest absolute Gasteiger partial charge is 0.497 e. The van der Waals surface area contributed by atoms with E-state index in [4.69, 9.17) is 16.3 Å². The number of hydrogen-bond acceptors (Lipinski definition) is 4. The van der Waals surface area contributed by atoms with Gasteiger partial charge in [-0.2, -0.15) is 0 Å². The van der Waals surface area contributed by atoms with Gasteiger partial charge in [-0.3, -0.25) is 9.52 Å². The fourth-order valence-electron chi connectivity index (χ4n) is 3.33. The Bertz CT molecular complexity index is 1190. The molecule has 0 spiro atoms. The van der Waals surface area contributed by atoms with E-state index in [0.29, 0.717) is 18.0 Å². The molecule has 2 N–H and O–H groups in total. The summed E-state index contributed by atoms with van der Waals surface area (Å²) in [6, 6.07) is 18.8. The first kappa shape index (κ1) is 24.6. The summed E-state index contributed by atoms with van der Waals surface area (Å²) in [5, 5.41) is 3.16. The Hall–Kier alpha value is -3.03. The second-order valence-corrected chi connectivity index (χ2v) is 9.66.